The predicted molar refractivity (Wildman–Crippen MR) is 116 cm³/mol. The molecule has 6 nitrogen and oxygen atoms in total. The van der Waals surface area contributed by atoms with Gasteiger partial charge in [-0.25, -0.2) is 5.43 Å². The molecule has 1 amide bonds. The molecular weight excluding hydrogens is 376 g/mol. The van der Waals surface area contributed by atoms with E-state index in [1.54, 1.807) is 31.7 Å². The molecule has 0 spiro atoms. The van der Waals surface area contributed by atoms with Crippen LogP contribution < -0.4 is 15.1 Å². The van der Waals surface area contributed by atoms with E-state index in [1.165, 1.54) is 22.2 Å². The molecular formula is C24H25N4O2+. The lowest BCUT2D eigenvalue weighted by Gasteiger charge is -2.26. The summed E-state index contributed by atoms with van der Waals surface area (Å²) in [6, 6.07) is 18.1. The third-order valence-electron chi connectivity index (χ3n) is 5.36. The number of rotatable bonds is 6. The molecule has 152 valence electrons. The van der Waals surface area contributed by atoms with Crippen LogP contribution in [0.5, 0.6) is 5.75 Å². The summed E-state index contributed by atoms with van der Waals surface area (Å²) in [6.45, 7) is 2.99. The van der Waals surface area contributed by atoms with Crippen LogP contribution in [0.3, 0.4) is 0 Å². The zero-order valence-corrected chi connectivity index (χ0v) is 17.0. The van der Waals surface area contributed by atoms with Crippen LogP contribution in [0.25, 0.3) is 0 Å². The predicted octanol–water partition coefficient (Wildman–Crippen LogP) is 2.00. The third kappa shape index (κ3) is 4.72. The number of carbonyl (C=O) groups excluding carboxylic acids is 1. The largest absolute Gasteiger partial charge is 0.496 e. The highest BCUT2D eigenvalue weighted by atomic mass is 16.5. The number of aromatic nitrogens is 1. The number of methoxy groups -OCH3 is 1. The monoisotopic (exact) mass is 401 g/mol. The summed E-state index contributed by atoms with van der Waals surface area (Å²) in [5.41, 5.74) is 7.94. The van der Waals surface area contributed by atoms with Crippen molar-refractivity contribution in [1.82, 2.24) is 10.4 Å². The van der Waals surface area contributed by atoms with Crippen molar-refractivity contribution < 1.29 is 14.4 Å². The molecule has 0 aliphatic carbocycles. The second-order valence-electron chi connectivity index (χ2n) is 7.38. The lowest BCUT2D eigenvalue weighted by molar-refractivity contribution is -0.929. The molecule has 0 radical (unpaired) electrons. The van der Waals surface area contributed by atoms with Crippen LogP contribution in [-0.4, -0.2) is 30.8 Å². The van der Waals surface area contributed by atoms with Crippen LogP contribution in [-0.2, 0) is 19.5 Å². The number of quaternary nitrogens is 1. The quantitative estimate of drug-likeness (QED) is 0.490. The van der Waals surface area contributed by atoms with Crippen molar-refractivity contribution in [3.05, 3.63) is 94.8 Å². The fraction of sp³-hybridized carbons (Fsp3) is 0.208. The Labute approximate surface area is 176 Å². The smallest absolute Gasteiger partial charge is 0.272 e. The molecule has 1 unspecified atom stereocenters. The summed E-state index contributed by atoms with van der Waals surface area (Å²) < 4.78 is 5.58. The van der Waals surface area contributed by atoms with Gasteiger partial charge in [0.25, 0.3) is 5.91 Å². The van der Waals surface area contributed by atoms with E-state index in [-0.39, 0.29) is 5.91 Å². The number of hydrazone groups is 1. The zero-order chi connectivity index (χ0) is 20.8. The minimum atomic E-state index is -0.287. The summed E-state index contributed by atoms with van der Waals surface area (Å²) in [4.78, 5) is 17.5. The molecule has 1 aromatic heterocycles. The molecule has 0 fully saturated rings. The number of carbonyl (C=O) groups is 1. The van der Waals surface area contributed by atoms with E-state index in [2.05, 4.69) is 45.8 Å². The number of hydrogen-bond acceptors (Lipinski definition) is 4. The van der Waals surface area contributed by atoms with E-state index in [9.17, 15) is 4.79 Å². The van der Waals surface area contributed by atoms with E-state index in [0.29, 0.717) is 5.56 Å². The van der Waals surface area contributed by atoms with E-state index < -0.39 is 0 Å². The fourth-order valence-corrected chi connectivity index (χ4v) is 3.81. The Hall–Kier alpha value is -3.51. The van der Waals surface area contributed by atoms with Gasteiger partial charge in [-0.2, -0.15) is 5.10 Å². The second-order valence-corrected chi connectivity index (χ2v) is 7.38. The minimum absolute atomic E-state index is 0.287. The molecule has 4 rings (SSSR count). The van der Waals surface area contributed by atoms with Crippen LogP contribution in [0.15, 0.2) is 72.1 Å². The summed E-state index contributed by atoms with van der Waals surface area (Å²) in [5.74, 6) is 0.586. The summed E-state index contributed by atoms with van der Waals surface area (Å²) in [5, 5.41) is 4.09. The fourth-order valence-electron chi connectivity index (χ4n) is 3.81. The van der Waals surface area contributed by atoms with Gasteiger partial charge in [0, 0.05) is 29.9 Å². The molecule has 1 atom stereocenters. The maximum Gasteiger partial charge on any atom is 0.272 e. The normalized spacial score (nSPS) is 15.6. The maximum atomic E-state index is 12.1. The summed E-state index contributed by atoms with van der Waals surface area (Å²) in [7, 11) is 1.70. The van der Waals surface area contributed by atoms with Crippen LogP contribution in [0.1, 0.15) is 32.6 Å². The van der Waals surface area contributed by atoms with Crippen molar-refractivity contribution in [3.63, 3.8) is 0 Å². The van der Waals surface area contributed by atoms with Crippen molar-refractivity contribution >= 4 is 12.1 Å². The Kier molecular flexibility index (Phi) is 6.15. The Balaban J connectivity index is 1.44. The Morgan fingerprint density at radius 2 is 2.07 bits per heavy atom. The van der Waals surface area contributed by atoms with Crippen molar-refractivity contribution in [2.75, 3.05) is 13.7 Å². The number of pyridine rings is 1. The highest BCUT2D eigenvalue weighted by molar-refractivity contribution is 5.94. The van der Waals surface area contributed by atoms with Gasteiger partial charge in [0.1, 0.15) is 18.8 Å². The lowest BCUT2D eigenvalue weighted by atomic mass is 9.99. The number of nitrogens with zero attached hydrogens (tertiary/aromatic N) is 2. The number of benzene rings is 2. The van der Waals surface area contributed by atoms with Gasteiger partial charge >= 0.3 is 0 Å². The molecule has 2 heterocycles. The van der Waals surface area contributed by atoms with Crippen LogP contribution in [0.2, 0.25) is 0 Å². The Morgan fingerprint density at radius 3 is 2.87 bits per heavy atom. The molecule has 0 saturated heterocycles. The molecule has 0 bridgehead atoms. The van der Waals surface area contributed by atoms with E-state index >= 15 is 0 Å². The van der Waals surface area contributed by atoms with E-state index in [1.807, 2.05) is 12.1 Å². The van der Waals surface area contributed by atoms with Gasteiger partial charge in [-0.3, -0.25) is 9.78 Å². The van der Waals surface area contributed by atoms with Crippen molar-refractivity contribution in [1.29, 1.82) is 0 Å². The van der Waals surface area contributed by atoms with Crippen molar-refractivity contribution in [2.24, 2.45) is 5.10 Å². The van der Waals surface area contributed by atoms with Crippen LogP contribution >= 0.6 is 0 Å². The van der Waals surface area contributed by atoms with Crippen molar-refractivity contribution in [2.45, 2.75) is 19.5 Å². The minimum Gasteiger partial charge on any atom is -0.496 e. The van der Waals surface area contributed by atoms with Gasteiger partial charge in [-0.05, 0) is 41.5 Å². The topological polar surface area (TPSA) is 68.0 Å². The average Bonchev–Trinajstić information content (AvgIpc) is 2.80. The van der Waals surface area contributed by atoms with Crippen molar-refractivity contribution in [3.8, 4) is 5.75 Å². The molecule has 3 aromatic rings. The first kappa shape index (κ1) is 19.8. The summed E-state index contributed by atoms with van der Waals surface area (Å²) in [6.07, 6.45) is 5.88. The lowest BCUT2D eigenvalue weighted by Crippen LogP contribution is -3.10. The van der Waals surface area contributed by atoms with Crippen LogP contribution in [0, 0.1) is 0 Å². The zero-order valence-electron chi connectivity index (χ0n) is 17.0. The Morgan fingerprint density at radius 1 is 1.20 bits per heavy atom. The first-order valence-electron chi connectivity index (χ1n) is 10.0. The van der Waals surface area contributed by atoms with Gasteiger partial charge < -0.3 is 9.64 Å². The molecule has 2 N–H and O–H groups in total. The molecule has 0 saturated carbocycles. The number of fused-ring (bicyclic) bond motifs is 1. The molecule has 1 aliphatic rings. The average molecular weight is 401 g/mol. The van der Waals surface area contributed by atoms with Gasteiger partial charge in [-0.1, -0.05) is 24.3 Å². The van der Waals surface area contributed by atoms with Gasteiger partial charge in [0.05, 0.1) is 25.4 Å². The summed E-state index contributed by atoms with van der Waals surface area (Å²) >= 11 is 0. The molecule has 6 heteroatoms. The molecule has 2 aromatic carbocycles. The van der Waals surface area contributed by atoms with E-state index in [4.69, 9.17) is 4.74 Å². The SMILES string of the molecule is COc1ccc(/C=N\NC(=O)c2cccnc2)cc1C[NH+]1CCc2ccccc2C1. The number of hydrogen-bond donors (Lipinski definition) is 2. The number of ether oxygens (including phenoxy) is 1. The second kappa shape index (κ2) is 9.33. The highest BCUT2D eigenvalue weighted by Gasteiger charge is 2.20. The maximum absolute atomic E-state index is 12.1. The number of amides is 1. The molecule has 30 heavy (non-hydrogen) atoms. The van der Waals surface area contributed by atoms with E-state index in [0.717, 1.165) is 42.9 Å². The Bertz CT molecular complexity index is 1050. The van der Waals surface area contributed by atoms with Gasteiger partial charge in [-0.15, -0.1) is 0 Å². The van der Waals surface area contributed by atoms with Gasteiger partial charge in [0.15, 0.2) is 0 Å². The first-order valence-corrected chi connectivity index (χ1v) is 10.0. The standard InChI is InChI=1S/C24H24N4O2/c1-30-23-9-8-18(14-26-27-24(29)20-7-4-11-25-15-20)13-22(23)17-28-12-10-19-5-2-3-6-21(19)16-28/h2-9,11,13-15H,10,12,16-17H2,1H3,(H,27,29)/p+1/b26-14-. The molecule has 1 aliphatic heterocycles. The first-order chi connectivity index (χ1) is 14.7. The highest BCUT2D eigenvalue weighted by Crippen LogP contribution is 2.19. The number of nitrogens with one attached hydrogen (secondary N) is 2. The van der Waals surface area contributed by atoms with Crippen LogP contribution in [0.4, 0.5) is 0 Å². The van der Waals surface area contributed by atoms with Gasteiger partial charge in [0.2, 0.25) is 0 Å². The third-order valence-corrected chi connectivity index (χ3v) is 5.36.